The van der Waals surface area contributed by atoms with Crippen LogP contribution in [0.5, 0.6) is 0 Å². The number of ether oxygens (including phenoxy) is 2. The Hall–Kier alpha value is -3.23. The molecular formula is C22H27N3O6. The lowest BCUT2D eigenvalue weighted by molar-refractivity contribution is -0.151. The van der Waals surface area contributed by atoms with Crippen LogP contribution >= 0.6 is 0 Å². The molecule has 2 heterocycles. The number of hydrazone groups is 1. The third-order valence-corrected chi connectivity index (χ3v) is 5.57. The van der Waals surface area contributed by atoms with E-state index in [1.807, 2.05) is 32.0 Å². The zero-order valence-corrected chi connectivity index (χ0v) is 18.1. The highest BCUT2D eigenvalue weighted by Crippen LogP contribution is 2.25. The van der Waals surface area contributed by atoms with Crippen LogP contribution in [0.1, 0.15) is 36.8 Å². The zero-order chi connectivity index (χ0) is 22.5. The molecule has 1 fully saturated rings. The maximum atomic E-state index is 12.5. The average Bonchev–Trinajstić information content (AvgIpc) is 2.78. The Morgan fingerprint density at radius 1 is 1.13 bits per heavy atom. The number of methoxy groups -OCH3 is 1. The van der Waals surface area contributed by atoms with Crippen LogP contribution in [0.15, 0.2) is 23.3 Å². The van der Waals surface area contributed by atoms with Crippen LogP contribution in [0, 0.1) is 19.8 Å². The maximum absolute atomic E-state index is 12.5. The fourth-order valence-electron chi connectivity index (χ4n) is 3.67. The van der Waals surface area contributed by atoms with Crippen LogP contribution in [-0.2, 0) is 28.7 Å². The number of likely N-dealkylation sites (tertiary alicyclic amines) is 1. The summed E-state index contributed by atoms with van der Waals surface area (Å²) in [6, 6.07) is 5.67. The molecular weight excluding hydrogens is 402 g/mol. The molecule has 2 amide bonds. The fourth-order valence-corrected chi connectivity index (χ4v) is 3.67. The van der Waals surface area contributed by atoms with Crippen LogP contribution in [0.2, 0.25) is 0 Å². The van der Waals surface area contributed by atoms with Crippen molar-refractivity contribution >= 4 is 35.2 Å². The smallest absolute Gasteiger partial charge is 0.355 e. The number of hydrogen-bond acceptors (Lipinski definition) is 7. The molecule has 9 heteroatoms. The molecule has 0 aromatic heterocycles. The first-order valence-corrected chi connectivity index (χ1v) is 10.3. The van der Waals surface area contributed by atoms with Crippen molar-refractivity contribution in [3.63, 3.8) is 0 Å². The summed E-state index contributed by atoms with van der Waals surface area (Å²) in [4.78, 5) is 50.4. The van der Waals surface area contributed by atoms with Gasteiger partial charge in [0.1, 0.15) is 5.71 Å². The quantitative estimate of drug-likeness (QED) is 0.660. The molecule has 31 heavy (non-hydrogen) atoms. The van der Waals surface area contributed by atoms with Crippen molar-refractivity contribution in [3.05, 3.63) is 29.3 Å². The molecule has 0 atom stereocenters. The summed E-state index contributed by atoms with van der Waals surface area (Å²) in [6.07, 6.45) is 1.34. The molecule has 0 saturated carbocycles. The van der Waals surface area contributed by atoms with Crippen LogP contribution < -0.4 is 5.01 Å². The molecule has 0 aliphatic carbocycles. The van der Waals surface area contributed by atoms with Gasteiger partial charge in [-0.1, -0.05) is 12.1 Å². The van der Waals surface area contributed by atoms with Crippen molar-refractivity contribution in [2.45, 2.75) is 39.5 Å². The molecule has 2 aliphatic rings. The lowest BCUT2D eigenvalue weighted by Gasteiger charge is -2.30. The van der Waals surface area contributed by atoms with E-state index in [0.717, 1.165) is 11.1 Å². The van der Waals surface area contributed by atoms with Gasteiger partial charge in [0.15, 0.2) is 6.61 Å². The highest BCUT2D eigenvalue weighted by Gasteiger charge is 2.30. The van der Waals surface area contributed by atoms with Crippen LogP contribution in [0.25, 0.3) is 0 Å². The Morgan fingerprint density at radius 2 is 1.84 bits per heavy atom. The second kappa shape index (κ2) is 9.72. The lowest BCUT2D eigenvalue weighted by Crippen LogP contribution is -2.43. The van der Waals surface area contributed by atoms with Crippen molar-refractivity contribution < 1.29 is 28.7 Å². The molecule has 0 radical (unpaired) electrons. The number of nitrogens with zero attached hydrogens (tertiary/aromatic N) is 3. The number of piperidine rings is 1. The Balaban J connectivity index is 1.59. The fraction of sp³-hybridized carbons (Fsp3) is 0.500. The Labute approximate surface area is 181 Å². The number of carbonyl (C=O) groups is 4. The summed E-state index contributed by atoms with van der Waals surface area (Å²) in [6.45, 7) is 4.19. The molecule has 166 valence electrons. The van der Waals surface area contributed by atoms with Gasteiger partial charge in [0, 0.05) is 25.9 Å². The summed E-state index contributed by atoms with van der Waals surface area (Å²) in [5, 5.41) is 5.45. The van der Waals surface area contributed by atoms with Crippen LogP contribution in [0.3, 0.4) is 0 Å². The van der Waals surface area contributed by atoms with Gasteiger partial charge in [-0.3, -0.25) is 14.4 Å². The summed E-state index contributed by atoms with van der Waals surface area (Å²) < 4.78 is 9.92. The SMILES string of the molecule is COC(=O)C1CCN(C(=O)COC(=O)C2=NN(c3cc(C)ccc3C)C(=O)CC2)CC1. The third-order valence-electron chi connectivity index (χ3n) is 5.57. The highest BCUT2D eigenvalue weighted by molar-refractivity contribution is 6.38. The molecule has 2 aliphatic heterocycles. The first-order valence-electron chi connectivity index (χ1n) is 10.3. The van der Waals surface area contributed by atoms with Crippen molar-refractivity contribution in [1.29, 1.82) is 0 Å². The van der Waals surface area contributed by atoms with Crippen molar-refractivity contribution in [2.24, 2.45) is 11.0 Å². The second-order valence-electron chi connectivity index (χ2n) is 7.80. The largest absolute Gasteiger partial charge is 0.469 e. The summed E-state index contributed by atoms with van der Waals surface area (Å²) in [7, 11) is 1.35. The zero-order valence-electron chi connectivity index (χ0n) is 18.1. The molecule has 9 nitrogen and oxygen atoms in total. The molecule has 0 bridgehead atoms. The van der Waals surface area contributed by atoms with E-state index in [1.54, 1.807) is 4.90 Å². The summed E-state index contributed by atoms with van der Waals surface area (Å²) in [5.41, 5.74) is 2.57. The van der Waals surface area contributed by atoms with E-state index in [1.165, 1.54) is 12.1 Å². The molecule has 0 spiro atoms. The first-order chi connectivity index (χ1) is 14.8. The van der Waals surface area contributed by atoms with Crippen molar-refractivity contribution in [3.8, 4) is 0 Å². The predicted molar refractivity (Wildman–Crippen MR) is 112 cm³/mol. The maximum Gasteiger partial charge on any atom is 0.355 e. The van der Waals surface area contributed by atoms with Crippen molar-refractivity contribution in [2.75, 3.05) is 31.8 Å². The molecule has 3 rings (SSSR count). The monoisotopic (exact) mass is 429 g/mol. The first kappa shape index (κ1) is 22.5. The number of benzene rings is 1. The lowest BCUT2D eigenvalue weighted by atomic mass is 9.97. The van der Waals surface area contributed by atoms with E-state index in [-0.39, 0.29) is 42.3 Å². The van der Waals surface area contributed by atoms with E-state index >= 15 is 0 Å². The normalized spacial score (nSPS) is 17.3. The van der Waals surface area contributed by atoms with Gasteiger partial charge >= 0.3 is 11.9 Å². The van der Waals surface area contributed by atoms with Gasteiger partial charge in [-0.05, 0) is 43.9 Å². The number of rotatable bonds is 5. The number of hydrogen-bond donors (Lipinski definition) is 0. The standard InChI is InChI=1S/C22H27N3O6/c1-14-4-5-15(2)18(12-14)25-19(26)7-6-17(23-25)22(29)31-13-20(27)24-10-8-16(9-11-24)21(28)30-3/h4-5,12,16H,6-11,13H2,1-3H3. The predicted octanol–water partition coefficient (Wildman–Crippen LogP) is 1.74. The summed E-state index contributed by atoms with van der Waals surface area (Å²) in [5.74, 6) is -1.70. The molecule has 1 saturated heterocycles. The Bertz CT molecular complexity index is 918. The van der Waals surface area contributed by atoms with Gasteiger partial charge in [0.05, 0.1) is 18.7 Å². The molecule has 0 unspecified atom stereocenters. The summed E-state index contributed by atoms with van der Waals surface area (Å²) >= 11 is 0. The number of esters is 2. The van der Waals surface area contributed by atoms with E-state index in [0.29, 0.717) is 31.6 Å². The minimum atomic E-state index is -0.708. The van der Waals surface area contributed by atoms with E-state index in [2.05, 4.69) is 5.10 Å². The van der Waals surface area contributed by atoms with Crippen LogP contribution in [0.4, 0.5) is 5.69 Å². The van der Waals surface area contributed by atoms with Gasteiger partial charge in [0.2, 0.25) is 5.91 Å². The van der Waals surface area contributed by atoms with Gasteiger partial charge in [-0.2, -0.15) is 10.1 Å². The minimum absolute atomic E-state index is 0.109. The molecule has 1 aromatic carbocycles. The Kier molecular flexibility index (Phi) is 7.04. The number of aryl methyl sites for hydroxylation is 2. The minimum Gasteiger partial charge on any atom is -0.469 e. The van der Waals surface area contributed by atoms with E-state index in [9.17, 15) is 19.2 Å². The topological polar surface area (TPSA) is 106 Å². The van der Waals surface area contributed by atoms with Crippen molar-refractivity contribution in [1.82, 2.24) is 4.90 Å². The van der Waals surface area contributed by atoms with E-state index in [4.69, 9.17) is 9.47 Å². The Morgan fingerprint density at radius 3 is 2.52 bits per heavy atom. The third kappa shape index (κ3) is 5.28. The van der Waals surface area contributed by atoms with Gasteiger partial charge in [0.25, 0.3) is 5.91 Å². The number of amides is 2. The molecule has 1 aromatic rings. The second-order valence-corrected chi connectivity index (χ2v) is 7.80. The number of carbonyl (C=O) groups excluding carboxylic acids is 4. The molecule has 0 N–H and O–H groups in total. The van der Waals surface area contributed by atoms with Gasteiger partial charge < -0.3 is 14.4 Å². The average molecular weight is 429 g/mol. The number of anilines is 1. The van der Waals surface area contributed by atoms with Crippen LogP contribution in [-0.4, -0.2) is 61.2 Å². The highest BCUT2D eigenvalue weighted by atomic mass is 16.5. The van der Waals surface area contributed by atoms with Gasteiger partial charge in [-0.15, -0.1) is 0 Å². The van der Waals surface area contributed by atoms with E-state index < -0.39 is 12.6 Å². The van der Waals surface area contributed by atoms with Gasteiger partial charge in [-0.25, -0.2) is 4.79 Å².